The van der Waals surface area contributed by atoms with E-state index < -0.39 is 0 Å². The Morgan fingerprint density at radius 3 is 2.36 bits per heavy atom. The largest absolute Gasteiger partial charge is 0.497 e. The third kappa shape index (κ3) is 5.25. The molecule has 0 aliphatic carbocycles. The molecule has 0 saturated heterocycles. The number of nitrogens with one attached hydrogen (secondary N) is 2. The SMILES string of the molecule is CN=C(NCCCC(=O)N1Cc2ccccc2C1)NCc1ccc(OC)cc1. The number of fused-ring (bicyclic) bond motifs is 1. The van der Waals surface area contributed by atoms with Crippen molar-refractivity contribution in [2.24, 2.45) is 4.99 Å². The maximum Gasteiger partial charge on any atom is 0.223 e. The van der Waals surface area contributed by atoms with Crippen LogP contribution in [0.15, 0.2) is 53.5 Å². The van der Waals surface area contributed by atoms with Crippen molar-refractivity contribution < 1.29 is 9.53 Å². The number of carbonyl (C=O) groups excluding carboxylic acids is 1. The molecule has 1 amide bonds. The van der Waals surface area contributed by atoms with Gasteiger partial charge in [-0.2, -0.15) is 0 Å². The van der Waals surface area contributed by atoms with Crippen molar-refractivity contribution in [3.8, 4) is 5.75 Å². The quantitative estimate of drug-likeness (QED) is 0.440. The van der Waals surface area contributed by atoms with Crippen LogP contribution in [0.2, 0.25) is 0 Å². The second-order valence-electron chi connectivity index (χ2n) is 6.82. The minimum absolute atomic E-state index is 0.208. The van der Waals surface area contributed by atoms with E-state index in [-0.39, 0.29) is 5.91 Å². The first-order valence-electron chi connectivity index (χ1n) is 9.61. The number of ether oxygens (including phenoxy) is 1. The lowest BCUT2D eigenvalue weighted by molar-refractivity contribution is -0.131. The molecule has 148 valence electrons. The van der Waals surface area contributed by atoms with Crippen LogP contribution in [0.1, 0.15) is 29.5 Å². The Hall–Kier alpha value is -3.02. The molecule has 1 heterocycles. The topological polar surface area (TPSA) is 66.0 Å². The molecule has 0 bridgehead atoms. The highest BCUT2D eigenvalue weighted by atomic mass is 16.5. The van der Waals surface area contributed by atoms with Gasteiger partial charge in [0.25, 0.3) is 0 Å². The molecular formula is C22H28N4O2. The minimum atomic E-state index is 0.208. The average molecular weight is 380 g/mol. The summed E-state index contributed by atoms with van der Waals surface area (Å²) in [5.74, 6) is 1.79. The molecule has 3 rings (SSSR count). The highest BCUT2D eigenvalue weighted by molar-refractivity contribution is 5.80. The third-order valence-electron chi connectivity index (χ3n) is 4.90. The first kappa shape index (κ1) is 19.7. The summed E-state index contributed by atoms with van der Waals surface area (Å²) >= 11 is 0. The first-order chi connectivity index (χ1) is 13.7. The van der Waals surface area contributed by atoms with E-state index in [1.807, 2.05) is 41.3 Å². The number of benzene rings is 2. The van der Waals surface area contributed by atoms with Crippen LogP contribution in [0.5, 0.6) is 5.75 Å². The predicted molar refractivity (Wildman–Crippen MR) is 111 cm³/mol. The third-order valence-corrected chi connectivity index (χ3v) is 4.90. The second-order valence-corrected chi connectivity index (χ2v) is 6.82. The molecule has 2 N–H and O–H groups in total. The summed E-state index contributed by atoms with van der Waals surface area (Å²) < 4.78 is 5.17. The Morgan fingerprint density at radius 2 is 1.75 bits per heavy atom. The zero-order valence-corrected chi connectivity index (χ0v) is 16.6. The van der Waals surface area contributed by atoms with E-state index in [1.165, 1.54) is 11.1 Å². The van der Waals surface area contributed by atoms with Gasteiger partial charge in [0, 0.05) is 39.6 Å². The van der Waals surface area contributed by atoms with Crippen molar-refractivity contribution in [3.63, 3.8) is 0 Å². The maximum atomic E-state index is 12.4. The average Bonchev–Trinajstić information content (AvgIpc) is 3.18. The Morgan fingerprint density at radius 1 is 1.07 bits per heavy atom. The van der Waals surface area contributed by atoms with Crippen molar-refractivity contribution in [2.75, 3.05) is 20.7 Å². The monoisotopic (exact) mass is 380 g/mol. The van der Waals surface area contributed by atoms with E-state index in [4.69, 9.17) is 4.74 Å². The molecule has 2 aromatic carbocycles. The van der Waals surface area contributed by atoms with Crippen LogP contribution in [0.4, 0.5) is 0 Å². The van der Waals surface area contributed by atoms with Gasteiger partial charge in [0.2, 0.25) is 5.91 Å². The van der Waals surface area contributed by atoms with E-state index in [9.17, 15) is 4.79 Å². The number of aliphatic imine (C=N–C) groups is 1. The molecule has 0 unspecified atom stereocenters. The summed E-state index contributed by atoms with van der Waals surface area (Å²) in [6.07, 6.45) is 1.31. The summed E-state index contributed by atoms with van der Waals surface area (Å²) in [5.41, 5.74) is 3.67. The van der Waals surface area contributed by atoms with E-state index in [0.29, 0.717) is 19.5 Å². The molecule has 2 aromatic rings. The number of guanidine groups is 1. The molecular weight excluding hydrogens is 352 g/mol. The fourth-order valence-electron chi connectivity index (χ4n) is 3.26. The summed E-state index contributed by atoms with van der Waals surface area (Å²) in [7, 11) is 3.41. The molecule has 0 fully saturated rings. The molecule has 6 heteroatoms. The first-order valence-corrected chi connectivity index (χ1v) is 9.61. The van der Waals surface area contributed by atoms with Gasteiger partial charge in [0.15, 0.2) is 5.96 Å². The van der Waals surface area contributed by atoms with Gasteiger partial charge in [-0.05, 0) is 35.2 Å². The van der Waals surface area contributed by atoms with Crippen LogP contribution in [0, 0.1) is 0 Å². The number of methoxy groups -OCH3 is 1. The predicted octanol–water partition coefficient (Wildman–Crippen LogP) is 2.68. The molecule has 0 saturated carbocycles. The molecule has 0 atom stereocenters. The van der Waals surface area contributed by atoms with Crippen molar-refractivity contribution in [2.45, 2.75) is 32.5 Å². The van der Waals surface area contributed by atoms with Crippen LogP contribution in [-0.2, 0) is 24.4 Å². The smallest absolute Gasteiger partial charge is 0.223 e. The number of rotatable bonds is 7. The van der Waals surface area contributed by atoms with E-state index in [1.54, 1.807) is 14.2 Å². The Bertz CT molecular complexity index is 793. The lowest BCUT2D eigenvalue weighted by Crippen LogP contribution is -2.37. The van der Waals surface area contributed by atoms with E-state index in [2.05, 4.69) is 27.8 Å². The molecule has 0 spiro atoms. The molecule has 0 aromatic heterocycles. The van der Waals surface area contributed by atoms with Crippen molar-refractivity contribution in [1.82, 2.24) is 15.5 Å². The van der Waals surface area contributed by atoms with Crippen molar-refractivity contribution in [1.29, 1.82) is 0 Å². The van der Waals surface area contributed by atoms with Gasteiger partial charge in [-0.1, -0.05) is 36.4 Å². The van der Waals surface area contributed by atoms with Crippen LogP contribution in [0.25, 0.3) is 0 Å². The van der Waals surface area contributed by atoms with Crippen LogP contribution in [-0.4, -0.2) is 37.5 Å². The standard InChI is InChI=1S/C22H28N4O2/c1-23-22(25-14-17-9-11-20(28-2)12-10-17)24-13-5-8-21(27)26-15-18-6-3-4-7-19(18)16-26/h3-4,6-7,9-12H,5,8,13-16H2,1-2H3,(H2,23,24,25). The van der Waals surface area contributed by atoms with Gasteiger partial charge in [-0.15, -0.1) is 0 Å². The van der Waals surface area contributed by atoms with Crippen LogP contribution in [0.3, 0.4) is 0 Å². The summed E-state index contributed by atoms with van der Waals surface area (Å²) in [5, 5.41) is 6.55. The van der Waals surface area contributed by atoms with Gasteiger partial charge in [-0.25, -0.2) is 0 Å². The normalized spacial score (nSPS) is 13.2. The molecule has 1 aliphatic rings. The number of hydrogen-bond donors (Lipinski definition) is 2. The highest BCUT2D eigenvalue weighted by Crippen LogP contribution is 2.22. The van der Waals surface area contributed by atoms with Gasteiger partial charge in [-0.3, -0.25) is 9.79 Å². The second kappa shape index (κ2) is 9.78. The number of nitrogens with zero attached hydrogens (tertiary/aromatic N) is 2. The maximum absolute atomic E-state index is 12.4. The van der Waals surface area contributed by atoms with Gasteiger partial charge in [0.05, 0.1) is 7.11 Å². The Balaban J connectivity index is 1.35. The van der Waals surface area contributed by atoms with Gasteiger partial charge in [0.1, 0.15) is 5.75 Å². The van der Waals surface area contributed by atoms with Crippen molar-refractivity contribution >= 4 is 11.9 Å². The van der Waals surface area contributed by atoms with Crippen molar-refractivity contribution in [3.05, 3.63) is 65.2 Å². The zero-order valence-electron chi connectivity index (χ0n) is 16.6. The number of carbonyl (C=O) groups is 1. The van der Waals surface area contributed by atoms with Crippen LogP contribution < -0.4 is 15.4 Å². The molecule has 1 aliphatic heterocycles. The van der Waals surface area contributed by atoms with E-state index in [0.717, 1.165) is 36.8 Å². The molecule has 0 radical (unpaired) electrons. The number of hydrogen-bond acceptors (Lipinski definition) is 3. The minimum Gasteiger partial charge on any atom is -0.497 e. The van der Waals surface area contributed by atoms with Crippen LogP contribution >= 0.6 is 0 Å². The van der Waals surface area contributed by atoms with E-state index >= 15 is 0 Å². The number of amides is 1. The lowest BCUT2D eigenvalue weighted by atomic mass is 10.1. The fourth-order valence-corrected chi connectivity index (χ4v) is 3.26. The Labute approximate surface area is 166 Å². The fraction of sp³-hybridized carbons (Fsp3) is 0.364. The summed E-state index contributed by atoms with van der Waals surface area (Å²) in [6, 6.07) is 16.2. The Kier molecular flexibility index (Phi) is 6.89. The zero-order chi connectivity index (χ0) is 19.8. The lowest BCUT2D eigenvalue weighted by Gasteiger charge is -2.16. The molecule has 28 heavy (non-hydrogen) atoms. The van der Waals surface area contributed by atoms with Gasteiger partial charge >= 0.3 is 0 Å². The molecule has 6 nitrogen and oxygen atoms in total. The summed E-state index contributed by atoms with van der Waals surface area (Å²) in [6.45, 7) is 2.84. The summed E-state index contributed by atoms with van der Waals surface area (Å²) in [4.78, 5) is 18.6. The van der Waals surface area contributed by atoms with Gasteiger partial charge < -0.3 is 20.3 Å². The highest BCUT2D eigenvalue weighted by Gasteiger charge is 2.22.